The van der Waals surface area contributed by atoms with Gasteiger partial charge in [0.05, 0.1) is 0 Å². The lowest BCUT2D eigenvalue weighted by Crippen LogP contribution is -2.47. The summed E-state index contributed by atoms with van der Waals surface area (Å²) in [5.41, 5.74) is 5.81. The molecule has 68 valence electrons. The molecule has 0 radical (unpaired) electrons. The molecule has 0 saturated carbocycles. The Hall–Kier alpha value is -0.0800. The second kappa shape index (κ2) is 4.73. The fraction of sp³-hybridized carbons (Fsp3) is 1.00. The molecule has 2 unspecified atom stereocenters. The van der Waals surface area contributed by atoms with Gasteiger partial charge >= 0.3 is 0 Å². The lowest BCUT2D eigenvalue weighted by atomic mass is 10.1. The lowest BCUT2D eigenvalue weighted by molar-refractivity contribution is 0.156. The van der Waals surface area contributed by atoms with Crippen LogP contribution in [0.15, 0.2) is 0 Å². The van der Waals surface area contributed by atoms with E-state index in [9.17, 15) is 0 Å². The standard InChI is InChI=1S/C9H22N2/c1-6-11(7(2)3)9(5)8(4)10/h7-9H,6,10H2,1-5H3. The van der Waals surface area contributed by atoms with E-state index in [1.165, 1.54) is 0 Å². The van der Waals surface area contributed by atoms with E-state index >= 15 is 0 Å². The van der Waals surface area contributed by atoms with Crippen LogP contribution >= 0.6 is 0 Å². The van der Waals surface area contributed by atoms with E-state index in [0.717, 1.165) is 6.54 Å². The molecule has 0 aromatic carbocycles. The number of hydrogen-bond acceptors (Lipinski definition) is 2. The molecule has 0 aliphatic carbocycles. The van der Waals surface area contributed by atoms with Crippen LogP contribution in [0.25, 0.3) is 0 Å². The summed E-state index contributed by atoms with van der Waals surface area (Å²) in [6.45, 7) is 11.9. The first-order valence-electron chi connectivity index (χ1n) is 4.52. The third kappa shape index (κ3) is 3.21. The number of nitrogens with zero attached hydrogens (tertiary/aromatic N) is 1. The van der Waals surface area contributed by atoms with Crippen molar-refractivity contribution in [1.29, 1.82) is 0 Å². The zero-order valence-electron chi connectivity index (χ0n) is 8.46. The van der Waals surface area contributed by atoms with Crippen molar-refractivity contribution in [1.82, 2.24) is 4.90 Å². The van der Waals surface area contributed by atoms with Crippen LogP contribution in [-0.2, 0) is 0 Å². The molecule has 0 heterocycles. The molecule has 11 heavy (non-hydrogen) atoms. The van der Waals surface area contributed by atoms with Crippen LogP contribution in [0, 0.1) is 0 Å². The fourth-order valence-electron chi connectivity index (χ4n) is 1.43. The molecule has 0 aromatic rings. The van der Waals surface area contributed by atoms with Gasteiger partial charge in [0.2, 0.25) is 0 Å². The molecule has 0 rings (SSSR count). The van der Waals surface area contributed by atoms with Crippen LogP contribution in [-0.4, -0.2) is 29.6 Å². The summed E-state index contributed by atoms with van der Waals surface area (Å²) in [4.78, 5) is 2.41. The molecule has 0 aromatic heterocycles. The van der Waals surface area contributed by atoms with E-state index in [2.05, 4.69) is 39.5 Å². The maximum absolute atomic E-state index is 5.81. The van der Waals surface area contributed by atoms with E-state index in [1.807, 2.05) is 0 Å². The highest BCUT2D eigenvalue weighted by Crippen LogP contribution is 2.06. The fourth-order valence-corrected chi connectivity index (χ4v) is 1.43. The van der Waals surface area contributed by atoms with Crippen molar-refractivity contribution < 1.29 is 0 Å². The van der Waals surface area contributed by atoms with Crippen molar-refractivity contribution in [3.63, 3.8) is 0 Å². The molecule has 2 N–H and O–H groups in total. The summed E-state index contributed by atoms with van der Waals surface area (Å²) >= 11 is 0. The van der Waals surface area contributed by atoms with Crippen molar-refractivity contribution in [2.24, 2.45) is 5.73 Å². The van der Waals surface area contributed by atoms with E-state index in [0.29, 0.717) is 12.1 Å². The average molecular weight is 158 g/mol. The summed E-state index contributed by atoms with van der Waals surface area (Å²) in [6, 6.07) is 1.35. The van der Waals surface area contributed by atoms with Crippen molar-refractivity contribution in [3.05, 3.63) is 0 Å². The van der Waals surface area contributed by atoms with Crippen LogP contribution in [0.1, 0.15) is 34.6 Å². The Morgan fingerprint density at radius 1 is 1.18 bits per heavy atom. The van der Waals surface area contributed by atoms with Crippen LogP contribution in [0.3, 0.4) is 0 Å². The molecule has 0 saturated heterocycles. The van der Waals surface area contributed by atoms with Gasteiger partial charge in [0, 0.05) is 18.1 Å². The number of likely N-dealkylation sites (N-methyl/N-ethyl adjacent to an activating group) is 1. The van der Waals surface area contributed by atoms with Crippen molar-refractivity contribution in [2.75, 3.05) is 6.54 Å². The van der Waals surface area contributed by atoms with Crippen LogP contribution in [0.2, 0.25) is 0 Å². The number of rotatable bonds is 4. The molecule has 0 amide bonds. The summed E-state index contributed by atoms with van der Waals surface area (Å²) in [5.74, 6) is 0. The molecule has 2 heteroatoms. The Labute approximate surface area is 70.8 Å². The minimum Gasteiger partial charge on any atom is -0.327 e. The second-order valence-electron chi connectivity index (χ2n) is 3.52. The quantitative estimate of drug-likeness (QED) is 0.671. The molecule has 0 bridgehead atoms. The topological polar surface area (TPSA) is 29.3 Å². The predicted octanol–water partition coefficient (Wildman–Crippen LogP) is 1.45. The molecule has 2 atom stereocenters. The summed E-state index contributed by atoms with van der Waals surface area (Å²) in [7, 11) is 0. The van der Waals surface area contributed by atoms with Crippen molar-refractivity contribution in [3.8, 4) is 0 Å². The molecular weight excluding hydrogens is 136 g/mol. The zero-order valence-corrected chi connectivity index (χ0v) is 8.46. The van der Waals surface area contributed by atoms with Gasteiger partial charge in [0.15, 0.2) is 0 Å². The van der Waals surface area contributed by atoms with Gasteiger partial charge in [-0.1, -0.05) is 6.92 Å². The monoisotopic (exact) mass is 158 g/mol. The molecule has 0 spiro atoms. The summed E-state index contributed by atoms with van der Waals surface area (Å²) in [6.07, 6.45) is 0. The molecule has 2 nitrogen and oxygen atoms in total. The van der Waals surface area contributed by atoms with E-state index in [4.69, 9.17) is 5.73 Å². The molecule has 0 fully saturated rings. The predicted molar refractivity (Wildman–Crippen MR) is 50.6 cm³/mol. The van der Waals surface area contributed by atoms with Gasteiger partial charge in [0.1, 0.15) is 0 Å². The summed E-state index contributed by atoms with van der Waals surface area (Å²) in [5, 5.41) is 0. The Bertz CT molecular complexity index is 99.7. The maximum Gasteiger partial charge on any atom is 0.0218 e. The highest BCUT2D eigenvalue weighted by Gasteiger charge is 2.17. The van der Waals surface area contributed by atoms with Gasteiger partial charge in [-0.05, 0) is 34.2 Å². The smallest absolute Gasteiger partial charge is 0.0218 e. The molecule has 0 aliphatic heterocycles. The minimum atomic E-state index is 0.261. The average Bonchev–Trinajstić information content (AvgIpc) is 1.88. The second-order valence-corrected chi connectivity index (χ2v) is 3.52. The van der Waals surface area contributed by atoms with E-state index < -0.39 is 0 Å². The van der Waals surface area contributed by atoms with E-state index in [-0.39, 0.29) is 6.04 Å². The SMILES string of the molecule is CCN(C(C)C)C(C)C(C)N. The van der Waals surface area contributed by atoms with Crippen LogP contribution < -0.4 is 5.73 Å². The van der Waals surface area contributed by atoms with Gasteiger partial charge < -0.3 is 5.73 Å². The first-order valence-corrected chi connectivity index (χ1v) is 4.52. The van der Waals surface area contributed by atoms with Gasteiger partial charge in [-0.3, -0.25) is 4.90 Å². The third-order valence-electron chi connectivity index (χ3n) is 2.31. The van der Waals surface area contributed by atoms with Gasteiger partial charge in [-0.2, -0.15) is 0 Å². The first kappa shape index (κ1) is 10.9. The largest absolute Gasteiger partial charge is 0.327 e. The third-order valence-corrected chi connectivity index (χ3v) is 2.31. The van der Waals surface area contributed by atoms with Crippen molar-refractivity contribution >= 4 is 0 Å². The molecular formula is C9H22N2. The highest BCUT2D eigenvalue weighted by atomic mass is 15.2. The Morgan fingerprint density at radius 3 is 1.73 bits per heavy atom. The Kier molecular flexibility index (Phi) is 4.69. The maximum atomic E-state index is 5.81. The number of nitrogens with two attached hydrogens (primary N) is 1. The zero-order chi connectivity index (χ0) is 9.02. The number of hydrogen-bond donors (Lipinski definition) is 1. The van der Waals surface area contributed by atoms with Crippen molar-refractivity contribution in [2.45, 2.75) is 52.7 Å². The highest BCUT2D eigenvalue weighted by molar-refractivity contribution is 4.76. The van der Waals surface area contributed by atoms with Crippen LogP contribution in [0.4, 0.5) is 0 Å². The van der Waals surface area contributed by atoms with Crippen LogP contribution in [0.5, 0.6) is 0 Å². The van der Waals surface area contributed by atoms with Gasteiger partial charge in [-0.15, -0.1) is 0 Å². The Morgan fingerprint density at radius 2 is 1.64 bits per heavy atom. The molecule has 0 aliphatic rings. The summed E-state index contributed by atoms with van der Waals surface area (Å²) < 4.78 is 0. The normalized spacial score (nSPS) is 17.5. The Balaban J connectivity index is 4.02. The minimum absolute atomic E-state index is 0.261. The van der Waals surface area contributed by atoms with E-state index in [1.54, 1.807) is 0 Å². The van der Waals surface area contributed by atoms with Gasteiger partial charge in [-0.25, -0.2) is 0 Å². The first-order chi connectivity index (χ1) is 5.00. The lowest BCUT2D eigenvalue weighted by Gasteiger charge is -2.33. The van der Waals surface area contributed by atoms with Gasteiger partial charge in [0.25, 0.3) is 0 Å².